The largest absolute Gasteiger partial charge is 0.368 e. The minimum absolute atomic E-state index is 0.0807. The molecule has 0 radical (unpaired) electrons. The fraction of sp³-hybridized carbons (Fsp3) is 0.308. The Bertz CT molecular complexity index is 621. The van der Waals surface area contributed by atoms with E-state index in [4.69, 9.17) is 5.73 Å². The van der Waals surface area contributed by atoms with Crippen molar-refractivity contribution in [3.63, 3.8) is 0 Å². The van der Waals surface area contributed by atoms with Crippen molar-refractivity contribution in [2.75, 3.05) is 12.8 Å². The summed E-state index contributed by atoms with van der Waals surface area (Å²) in [5.41, 5.74) is 6.76. The molecule has 3 rings (SSSR count). The van der Waals surface area contributed by atoms with E-state index in [1.165, 1.54) is 0 Å². The van der Waals surface area contributed by atoms with E-state index in [1.807, 2.05) is 31.3 Å². The molecule has 5 nitrogen and oxygen atoms in total. The molecule has 2 N–H and O–H groups in total. The standard InChI is InChI=1S/C13H14N4O/c1-17(8-6-7-8)12(18)11-9-4-2-3-5-10(9)15-13(14)16-11/h2-5,8H,6-7H2,1H3,(H2,14,15,16). The number of carbonyl (C=O) groups is 1. The summed E-state index contributed by atoms with van der Waals surface area (Å²) in [5, 5.41) is 0.754. The number of aromatic nitrogens is 2. The van der Waals surface area contributed by atoms with Gasteiger partial charge in [0.1, 0.15) is 5.69 Å². The molecule has 2 aromatic rings. The molecule has 92 valence electrons. The molecule has 0 unspecified atom stereocenters. The highest BCUT2D eigenvalue weighted by atomic mass is 16.2. The molecule has 1 aliphatic carbocycles. The van der Waals surface area contributed by atoms with E-state index in [0.717, 1.165) is 18.2 Å². The van der Waals surface area contributed by atoms with Crippen LogP contribution >= 0.6 is 0 Å². The Hall–Kier alpha value is -2.17. The maximum absolute atomic E-state index is 12.4. The molecular formula is C13H14N4O. The van der Waals surface area contributed by atoms with Gasteiger partial charge < -0.3 is 10.6 Å². The van der Waals surface area contributed by atoms with E-state index < -0.39 is 0 Å². The third kappa shape index (κ3) is 1.77. The fourth-order valence-corrected chi connectivity index (χ4v) is 2.05. The monoisotopic (exact) mass is 242 g/mol. The molecule has 0 saturated heterocycles. The highest BCUT2D eigenvalue weighted by Crippen LogP contribution is 2.27. The first-order valence-corrected chi connectivity index (χ1v) is 5.96. The van der Waals surface area contributed by atoms with E-state index in [9.17, 15) is 4.79 Å². The van der Waals surface area contributed by atoms with Crippen LogP contribution in [0.15, 0.2) is 24.3 Å². The van der Waals surface area contributed by atoms with Crippen molar-refractivity contribution in [3.8, 4) is 0 Å². The Labute approximate surface area is 105 Å². The van der Waals surface area contributed by atoms with Gasteiger partial charge in [0, 0.05) is 18.5 Å². The predicted molar refractivity (Wildman–Crippen MR) is 69.1 cm³/mol. The number of rotatable bonds is 2. The molecule has 5 heteroatoms. The van der Waals surface area contributed by atoms with Gasteiger partial charge in [0.05, 0.1) is 5.52 Å². The second-order valence-electron chi connectivity index (χ2n) is 4.59. The molecule has 0 spiro atoms. The minimum atomic E-state index is -0.0807. The number of nitrogen functional groups attached to an aromatic ring is 1. The summed E-state index contributed by atoms with van der Waals surface area (Å²) in [5.74, 6) is 0.0593. The zero-order valence-electron chi connectivity index (χ0n) is 10.1. The number of carbonyl (C=O) groups excluding carboxylic acids is 1. The lowest BCUT2D eigenvalue weighted by molar-refractivity contribution is 0.0781. The number of hydrogen-bond donors (Lipinski definition) is 1. The van der Waals surface area contributed by atoms with Gasteiger partial charge in [-0.15, -0.1) is 0 Å². The first kappa shape index (κ1) is 11.0. The van der Waals surface area contributed by atoms with Gasteiger partial charge in [0.15, 0.2) is 0 Å². The summed E-state index contributed by atoms with van der Waals surface area (Å²) in [4.78, 5) is 22.4. The Morgan fingerprint density at radius 3 is 2.78 bits per heavy atom. The van der Waals surface area contributed by atoms with E-state index in [0.29, 0.717) is 17.3 Å². The molecule has 1 heterocycles. The van der Waals surface area contributed by atoms with Crippen LogP contribution in [-0.4, -0.2) is 33.9 Å². The predicted octanol–water partition coefficient (Wildman–Crippen LogP) is 1.45. The number of nitrogens with two attached hydrogens (primary N) is 1. The quantitative estimate of drug-likeness (QED) is 0.865. The van der Waals surface area contributed by atoms with Gasteiger partial charge in [-0.1, -0.05) is 18.2 Å². The van der Waals surface area contributed by atoms with E-state index in [1.54, 1.807) is 4.90 Å². The van der Waals surface area contributed by atoms with Crippen LogP contribution in [0.3, 0.4) is 0 Å². The van der Waals surface area contributed by atoms with E-state index in [2.05, 4.69) is 9.97 Å². The lowest BCUT2D eigenvalue weighted by Gasteiger charge is -2.16. The van der Waals surface area contributed by atoms with Gasteiger partial charge in [-0.05, 0) is 18.9 Å². The topological polar surface area (TPSA) is 72.1 Å². The van der Waals surface area contributed by atoms with Crippen molar-refractivity contribution < 1.29 is 4.79 Å². The van der Waals surface area contributed by atoms with Crippen molar-refractivity contribution in [1.82, 2.24) is 14.9 Å². The highest BCUT2D eigenvalue weighted by molar-refractivity contribution is 6.04. The Morgan fingerprint density at radius 2 is 2.06 bits per heavy atom. The number of amides is 1. The zero-order valence-corrected chi connectivity index (χ0v) is 10.1. The van der Waals surface area contributed by atoms with Gasteiger partial charge in [-0.25, -0.2) is 9.97 Å². The van der Waals surface area contributed by atoms with Crippen LogP contribution in [0.2, 0.25) is 0 Å². The van der Waals surface area contributed by atoms with Crippen molar-refractivity contribution in [1.29, 1.82) is 0 Å². The number of fused-ring (bicyclic) bond motifs is 1. The highest BCUT2D eigenvalue weighted by Gasteiger charge is 2.31. The molecule has 18 heavy (non-hydrogen) atoms. The number of anilines is 1. The van der Waals surface area contributed by atoms with E-state index >= 15 is 0 Å². The summed E-state index contributed by atoms with van der Waals surface area (Å²) in [6.45, 7) is 0. The molecule has 1 fully saturated rings. The first-order chi connectivity index (χ1) is 8.66. The summed E-state index contributed by atoms with van der Waals surface area (Å²) in [7, 11) is 1.81. The summed E-state index contributed by atoms with van der Waals surface area (Å²) in [6, 6.07) is 7.78. The average Bonchev–Trinajstić information content (AvgIpc) is 3.20. The molecule has 0 bridgehead atoms. The van der Waals surface area contributed by atoms with Crippen molar-refractivity contribution in [3.05, 3.63) is 30.0 Å². The van der Waals surface area contributed by atoms with Gasteiger partial charge >= 0.3 is 0 Å². The van der Waals surface area contributed by atoms with Crippen LogP contribution < -0.4 is 5.73 Å². The molecule has 1 aromatic carbocycles. The number of hydrogen-bond acceptors (Lipinski definition) is 4. The molecule has 1 saturated carbocycles. The maximum Gasteiger partial charge on any atom is 0.273 e. The first-order valence-electron chi connectivity index (χ1n) is 5.96. The second-order valence-corrected chi connectivity index (χ2v) is 4.59. The lowest BCUT2D eigenvalue weighted by atomic mass is 10.1. The van der Waals surface area contributed by atoms with Gasteiger partial charge in [0.25, 0.3) is 5.91 Å². The van der Waals surface area contributed by atoms with Gasteiger partial charge in [-0.2, -0.15) is 0 Å². The second kappa shape index (κ2) is 3.94. The Kier molecular flexibility index (Phi) is 2.40. The Balaban J connectivity index is 2.12. The molecule has 0 aliphatic heterocycles. The van der Waals surface area contributed by atoms with Crippen LogP contribution in [-0.2, 0) is 0 Å². The number of nitrogens with zero attached hydrogens (tertiary/aromatic N) is 3. The maximum atomic E-state index is 12.4. The van der Waals surface area contributed by atoms with Crippen LogP contribution in [0.5, 0.6) is 0 Å². The number of benzene rings is 1. The third-order valence-electron chi connectivity index (χ3n) is 3.24. The van der Waals surface area contributed by atoms with Gasteiger partial charge in [-0.3, -0.25) is 4.79 Å². The molecule has 0 atom stereocenters. The molecule has 1 aliphatic rings. The number of para-hydroxylation sites is 1. The van der Waals surface area contributed by atoms with Crippen LogP contribution in [0.1, 0.15) is 23.3 Å². The van der Waals surface area contributed by atoms with Crippen molar-refractivity contribution in [2.45, 2.75) is 18.9 Å². The fourth-order valence-electron chi connectivity index (χ4n) is 2.05. The summed E-state index contributed by atoms with van der Waals surface area (Å²) in [6.07, 6.45) is 2.14. The average molecular weight is 242 g/mol. The SMILES string of the molecule is CN(C(=O)c1nc(N)nc2ccccc12)C1CC1. The smallest absolute Gasteiger partial charge is 0.273 e. The molecule has 1 aromatic heterocycles. The normalized spacial score (nSPS) is 14.7. The van der Waals surface area contributed by atoms with Gasteiger partial charge in [0.2, 0.25) is 5.95 Å². The summed E-state index contributed by atoms with van der Waals surface area (Å²) < 4.78 is 0. The lowest BCUT2D eigenvalue weighted by Crippen LogP contribution is -2.30. The van der Waals surface area contributed by atoms with E-state index in [-0.39, 0.29) is 11.9 Å². The van der Waals surface area contributed by atoms with Crippen molar-refractivity contribution in [2.24, 2.45) is 0 Å². The third-order valence-corrected chi connectivity index (χ3v) is 3.24. The summed E-state index contributed by atoms with van der Waals surface area (Å²) >= 11 is 0. The van der Waals surface area contributed by atoms with Crippen LogP contribution in [0.25, 0.3) is 10.9 Å². The minimum Gasteiger partial charge on any atom is -0.368 e. The molecular weight excluding hydrogens is 228 g/mol. The van der Waals surface area contributed by atoms with Crippen LogP contribution in [0, 0.1) is 0 Å². The Morgan fingerprint density at radius 1 is 1.33 bits per heavy atom. The zero-order chi connectivity index (χ0) is 12.7. The molecule has 1 amide bonds. The van der Waals surface area contributed by atoms with Crippen molar-refractivity contribution >= 4 is 22.8 Å². The van der Waals surface area contributed by atoms with Crippen LogP contribution in [0.4, 0.5) is 5.95 Å².